The molecule has 0 aliphatic carbocycles. The molecule has 0 bridgehead atoms. The highest BCUT2D eigenvalue weighted by Gasteiger charge is 2.27. The standard InChI is InChI=1S/C23H27F3O3/c1-3-4-5-12-28-16-7-11-20(29-14-16)18-9-8-17(22(25)23(18)26)15-6-10-21(27-2)19(24)13-15/h6,8-10,13,16,20H,3-5,7,11-12,14H2,1-2H3. The van der Waals surface area contributed by atoms with E-state index in [9.17, 15) is 13.2 Å². The maximum Gasteiger partial charge on any atom is 0.167 e. The number of halogens is 3. The van der Waals surface area contributed by atoms with Gasteiger partial charge in [0.05, 0.1) is 25.9 Å². The maximum absolute atomic E-state index is 14.8. The smallest absolute Gasteiger partial charge is 0.167 e. The number of rotatable bonds is 8. The Bertz CT molecular complexity index is 817. The number of hydrogen-bond acceptors (Lipinski definition) is 3. The van der Waals surface area contributed by atoms with Crippen LogP contribution in [0.1, 0.15) is 50.7 Å². The van der Waals surface area contributed by atoms with Crippen LogP contribution >= 0.6 is 0 Å². The third-order valence-corrected chi connectivity index (χ3v) is 5.26. The number of benzene rings is 2. The molecule has 1 fully saturated rings. The highest BCUT2D eigenvalue weighted by atomic mass is 19.2. The quantitative estimate of drug-likeness (QED) is 0.486. The summed E-state index contributed by atoms with van der Waals surface area (Å²) >= 11 is 0. The predicted molar refractivity (Wildman–Crippen MR) is 105 cm³/mol. The van der Waals surface area contributed by atoms with Gasteiger partial charge in [-0.05, 0) is 37.0 Å². The zero-order valence-electron chi connectivity index (χ0n) is 16.8. The molecule has 2 unspecified atom stereocenters. The van der Waals surface area contributed by atoms with Gasteiger partial charge in [0.2, 0.25) is 0 Å². The highest BCUT2D eigenvalue weighted by molar-refractivity contribution is 5.66. The fourth-order valence-electron chi connectivity index (χ4n) is 3.58. The van der Waals surface area contributed by atoms with Gasteiger partial charge in [0.25, 0.3) is 0 Å². The van der Waals surface area contributed by atoms with Gasteiger partial charge < -0.3 is 14.2 Å². The largest absolute Gasteiger partial charge is 0.494 e. The molecule has 0 spiro atoms. The van der Waals surface area contributed by atoms with E-state index in [1.165, 1.54) is 31.4 Å². The van der Waals surface area contributed by atoms with Crippen molar-refractivity contribution in [3.05, 3.63) is 53.3 Å². The fraction of sp³-hybridized carbons (Fsp3) is 0.478. The van der Waals surface area contributed by atoms with Crippen LogP contribution in [0.2, 0.25) is 0 Å². The molecule has 29 heavy (non-hydrogen) atoms. The van der Waals surface area contributed by atoms with Crippen molar-refractivity contribution in [3.8, 4) is 16.9 Å². The molecule has 1 saturated heterocycles. The summed E-state index contributed by atoms with van der Waals surface area (Å²) in [7, 11) is 1.35. The normalized spacial score (nSPS) is 19.3. The fourth-order valence-corrected chi connectivity index (χ4v) is 3.58. The summed E-state index contributed by atoms with van der Waals surface area (Å²) in [6.07, 6.45) is 4.07. The second-order valence-corrected chi connectivity index (χ2v) is 7.28. The van der Waals surface area contributed by atoms with E-state index in [-0.39, 0.29) is 28.5 Å². The number of unbranched alkanes of at least 4 members (excludes halogenated alkanes) is 2. The first-order valence-electron chi connectivity index (χ1n) is 10.1. The van der Waals surface area contributed by atoms with Crippen LogP contribution in [0.15, 0.2) is 30.3 Å². The summed E-state index contributed by atoms with van der Waals surface area (Å²) in [6.45, 7) is 3.20. The Balaban J connectivity index is 1.68. The van der Waals surface area contributed by atoms with E-state index in [4.69, 9.17) is 14.2 Å². The van der Waals surface area contributed by atoms with Gasteiger partial charge in [0, 0.05) is 17.7 Å². The van der Waals surface area contributed by atoms with Crippen LogP contribution < -0.4 is 4.74 Å². The first kappa shape index (κ1) is 21.7. The molecule has 1 heterocycles. The van der Waals surface area contributed by atoms with Crippen LogP contribution in [0.5, 0.6) is 5.75 Å². The van der Waals surface area contributed by atoms with Crippen LogP contribution in [0.25, 0.3) is 11.1 Å². The highest BCUT2D eigenvalue weighted by Crippen LogP contribution is 2.35. The summed E-state index contributed by atoms with van der Waals surface area (Å²) in [5.41, 5.74) is 0.432. The summed E-state index contributed by atoms with van der Waals surface area (Å²) in [5.74, 6) is -2.54. The first-order chi connectivity index (χ1) is 14.0. The van der Waals surface area contributed by atoms with Crippen molar-refractivity contribution < 1.29 is 27.4 Å². The SMILES string of the molecule is CCCCCOC1CCC(c2ccc(-c3ccc(OC)c(F)c3)c(F)c2F)OC1. The molecule has 0 saturated carbocycles. The van der Waals surface area contributed by atoms with E-state index >= 15 is 0 Å². The van der Waals surface area contributed by atoms with Crippen LogP contribution in [-0.4, -0.2) is 26.4 Å². The van der Waals surface area contributed by atoms with Gasteiger partial charge in [0.15, 0.2) is 23.2 Å². The van der Waals surface area contributed by atoms with Crippen molar-refractivity contribution in [2.75, 3.05) is 20.3 Å². The van der Waals surface area contributed by atoms with E-state index in [2.05, 4.69) is 6.92 Å². The lowest BCUT2D eigenvalue weighted by Gasteiger charge is -2.29. The topological polar surface area (TPSA) is 27.7 Å². The monoisotopic (exact) mass is 408 g/mol. The van der Waals surface area contributed by atoms with Crippen LogP contribution in [0.4, 0.5) is 13.2 Å². The Morgan fingerprint density at radius 3 is 2.52 bits per heavy atom. The van der Waals surface area contributed by atoms with E-state index in [0.29, 0.717) is 19.6 Å². The molecule has 2 aromatic carbocycles. The lowest BCUT2D eigenvalue weighted by molar-refractivity contribution is -0.0882. The van der Waals surface area contributed by atoms with Gasteiger partial charge in [-0.2, -0.15) is 0 Å². The Labute approximate surface area is 169 Å². The molecule has 6 heteroatoms. The molecule has 2 atom stereocenters. The molecule has 0 N–H and O–H groups in total. The van der Waals surface area contributed by atoms with Gasteiger partial charge in [-0.25, -0.2) is 13.2 Å². The summed E-state index contributed by atoms with van der Waals surface area (Å²) in [6, 6.07) is 7.00. The molecule has 3 rings (SSSR count). The van der Waals surface area contributed by atoms with Crippen molar-refractivity contribution in [2.24, 2.45) is 0 Å². The molecule has 0 amide bonds. The van der Waals surface area contributed by atoms with Gasteiger partial charge >= 0.3 is 0 Å². The molecule has 3 nitrogen and oxygen atoms in total. The molecular formula is C23H27F3O3. The summed E-state index contributed by atoms with van der Waals surface area (Å²) in [5, 5.41) is 0. The molecule has 0 aromatic heterocycles. The van der Waals surface area contributed by atoms with Gasteiger partial charge in [0.1, 0.15) is 0 Å². The molecule has 2 aromatic rings. The molecule has 1 aliphatic heterocycles. The van der Waals surface area contributed by atoms with Crippen molar-refractivity contribution in [1.82, 2.24) is 0 Å². The van der Waals surface area contributed by atoms with Gasteiger partial charge in [-0.3, -0.25) is 0 Å². The van der Waals surface area contributed by atoms with E-state index in [0.717, 1.165) is 31.7 Å². The minimum absolute atomic E-state index is 0.000691. The Morgan fingerprint density at radius 2 is 1.86 bits per heavy atom. The lowest BCUT2D eigenvalue weighted by atomic mass is 9.96. The van der Waals surface area contributed by atoms with Crippen molar-refractivity contribution in [1.29, 1.82) is 0 Å². The van der Waals surface area contributed by atoms with Crippen LogP contribution in [-0.2, 0) is 9.47 Å². The van der Waals surface area contributed by atoms with Crippen LogP contribution in [0.3, 0.4) is 0 Å². The average Bonchev–Trinajstić information content (AvgIpc) is 2.74. The molecule has 1 aliphatic rings. The lowest BCUT2D eigenvalue weighted by Crippen LogP contribution is -2.28. The second-order valence-electron chi connectivity index (χ2n) is 7.28. The Hall–Kier alpha value is -2.05. The number of hydrogen-bond donors (Lipinski definition) is 0. The van der Waals surface area contributed by atoms with Crippen molar-refractivity contribution in [3.63, 3.8) is 0 Å². The summed E-state index contributed by atoms with van der Waals surface area (Å²) < 4.78 is 59.8. The van der Waals surface area contributed by atoms with E-state index in [1.54, 1.807) is 0 Å². The average molecular weight is 408 g/mol. The minimum atomic E-state index is -1.01. The van der Waals surface area contributed by atoms with Crippen molar-refractivity contribution >= 4 is 0 Å². The third-order valence-electron chi connectivity index (χ3n) is 5.26. The molecular weight excluding hydrogens is 381 g/mol. The second kappa shape index (κ2) is 10.1. The van der Waals surface area contributed by atoms with Crippen LogP contribution in [0, 0.1) is 17.5 Å². The van der Waals surface area contributed by atoms with Gasteiger partial charge in [-0.15, -0.1) is 0 Å². The van der Waals surface area contributed by atoms with Crippen molar-refractivity contribution in [2.45, 2.75) is 51.2 Å². The first-order valence-corrected chi connectivity index (χ1v) is 10.1. The van der Waals surface area contributed by atoms with E-state index in [1.807, 2.05) is 0 Å². The molecule has 158 valence electrons. The third kappa shape index (κ3) is 5.11. The minimum Gasteiger partial charge on any atom is -0.494 e. The predicted octanol–water partition coefficient (Wildman–Crippen LogP) is 6.21. The zero-order chi connectivity index (χ0) is 20.8. The van der Waals surface area contributed by atoms with E-state index < -0.39 is 23.6 Å². The maximum atomic E-state index is 14.8. The Morgan fingerprint density at radius 1 is 1.03 bits per heavy atom. The number of methoxy groups -OCH3 is 1. The summed E-state index contributed by atoms with van der Waals surface area (Å²) in [4.78, 5) is 0. The zero-order valence-corrected chi connectivity index (χ0v) is 16.8. The number of ether oxygens (including phenoxy) is 3. The van der Waals surface area contributed by atoms with Gasteiger partial charge in [-0.1, -0.05) is 38.0 Å². The Kier molecular flexibility index (Phi) is 7.56. The molecule has 0 radical (unpaired) electrons.